The van der Waals surface area contributed by atoms with E-state index in [0.717, 1.165) is 31.6 Å². The third-order valence-electron chi connectivity index (χ3n) is 4.32. The van der Waals surface area contributed by atoms with E-state index in [-0.39, 0.29) is 5.92 Å². The van der Waals surface area contributed by atoms with Gasteiger partial charge in [-0.05, 0) is 18.8 Å². The lowest BCUT2D eigenvalue weighted by Gasteiger charge is -2.10. The first-order valence-electron chi connectivity index (χ1n) is 9.30. The maximum Gasteiger partial charge on any atom is 0.306 e. The number of hydrogen-bond donors (Lipinski definition) is 1. The first-order chi connectivity index (χ1) is 10.1. The van der Waals surface area contributed by atoms with Crippen molar-refractivity contribution in [3.8, 4) is 0 Å². The molecule has 0 aliphatic heterocycles. The fourth-order valence-electron chi connectivity index (χ4n) is 2.92. The molecule has 126 valence electrons. The number of unbranched alkanes of at least 4 members (excludes halogenated alkanes) is 8. The minimum atomic E-state index is -0.599. The summed E-state index contributed by atoms with van der Waals surface area (Å²) in [6.45, 7) is 6.67. The Bertz CT molecular complexity index is 236. The molecule has 0 saturated heterocycles. The van der Waals surface area contributed by atoms with Gasteiger partial charge in [-0.2, -0.15) is 0 Å². The van der Waals surface area contributed by atoms with Gasteiger partial charge in [0.05, 0.1) is 5.92 Å². The molecule has 1 unspecified atom stereocenters. The van der Waals surface area contributed by atoms with E-state index < -0.39 is 5.97 Å². The van der Waals surface area contributed by atoms with Gasteiger partial charge in [0.2, 0.25) is 0 Å². The molecule has 0 aliphatic carbocycles. The van der Waals surface area contributed by atoms with Gasteiger partial charge >= 0.3 is 5.97 Å². The summed E-state index contributed by atoms with van der Waals surface area (Å²) in [5, 5.41) is 9.08. The van der Waals surface area contributed by atoms with Crippen molar-refractivity contribution in [2.75, 3.05) is 0 Å². The second-order valence-corrected chi connectivity index (χ2v) is 6.98. The van der Waals surface area contributed by atoms with Gasteiger partial charge in [0.1, 0.15) is 0 Å². The van der Waals surface area contributed by atoms with E-state index in [2.05, 4.69) is 20.8 Å². The Morgan fingerprint density at radius 3 is 1.57 bits per heavy atom. The van der Waals surface area contributed by atoms with Crippen LogP contribution in [0.2, 0.25) is 0 Å². The van der Waals surface area contributed by atoms with Gasteiger partial charge in [-0.1, -0.05) is 91.4 Å². The second-order valence-electron chi connectivity index (χ2n) is 6.98. The van der Waals surface area contributed by atoms with Crippen molar-refractivity contribution in [3.05, 3.63) is 0 Å². The summed E-state index contributed by atoms with van der Waals surface area (Å²) in [5.74, 6) is 0.154. The lowest BCUT2D eigenvalue weighted by atomic mass is 9.96. The van der Waals surface area contributed by atoms with E-state index in [0.29, 0.717) is 0 Å². The first kappa shape index (κ1) is 20.5. The van der Waals surface area contributed by atoms with Gasteiger partial charge in [-0.25, -0.2) is 0 Å². The van der Waals surface area contributed by atoms with E-state index in [1.807, 2.05) is 0 Å². The SMILES string of the molecule is CCCC(CCCCCCCCCCCC(C)C)C(=O)O. The predicted octanol–water partition coefficient (Wildman–Crippen LogP) is 6.43. The molecule has 0 heterocycles. The van der Waals surface area contributed by atoms with Crippen molar-refractivity contribution in [2.45, 2.75) is 104 Å². The van der Waals surface area contributed by atoms with Gasteiger partial charge in [0, 0.05) is 0 Å². The van der Waals surface area contributed by atoms with Crippen LogP contribution >= 0.6 is 0 Å². The fourth-order valence-corrected chi connectivity index (χ4v) is 2.92. The van der Waals surface area contributed by atoms with Crippen molar-refractivity contribution in [1.82, 2.24) is 0 Å². The molecule has 0 rings (SSSR count). The molecule has 0 fully saturated rings. The van der Waals surface area contributed by atoms with E-state index >= 15 is 0 Å². The zero-order valence-electron chi connectivity index (χ0n) is 14.7. The highest BCUT2D eigenvalue weighted by molar-refractivity contribution is 5.69. The molecular formula is C19H38O2. The van der Waals surface area contributed by atoms with E-state index in [1.165, 1.54) is 57.8 Å². The zero-order chi connectivity index (χ0) is 15.9. The van der Waals surface area contributed by atoms with E-state index in [1.54, 1.807) is 0 Å². The van der Waals surface area contributed by atoms with Crippen LogP contribution in [0.25, 0.3) is 0 Å². The van der Waals surface area contributed by atoms with Crippen LogP contribution in [0.1, 0.15) is 104 Å². The minimum absolute atomic E-state index is 0.101. The van der Waals surface area contributed by atoms with Gasteiger partial charge in [-0.3, -0.25) is 4.79 Å². The topological polar surface area (TPSA) is 37.3 Å². The van der Waals surface area contributed by atoms with Crippen molar-refractivity contribution in [1.29, 1.82) is 0 Å². The van der Waals surface area contributed by atoms with Crippen molar-refractivity contribution >= 4 is 5.97 Å². The summed E-state index contributed by atoms with van der Waals surface area (Å²) in [5.41, 5.74) is 0. The molecule has 2 nitrogen and oxygen atoms in total. The third-order valence-corrected chi connectivity index (χ3v) is 4.32. The molecule has 1 N–H and O–H groups in total. The second kappa shape index (κ2) is 14.4. The summed E-state index contributed by atoms with van der Waals surface area (Å²) in [6, 6.07) is 0. The fraction of sp³-hybridized carbons (Fsp3) is 0.947. The van der Waals surface area contributed by atoms with Gasteiger partial charge < -0.3 is 5.11 Å². The minimum Gasteiger partial charge on any atom is -0.481 e. The van der Waals surface area contributed by atoms with Crippen LogP contribution in [0.4, 0.5) is 0 Å². The van der Waals surface area contributed by atoms with Crippen LogP contribution in [0.5, 0.6) is 0 Å². The highest BCUT2D eigenvalue weighted by Gasteiger charge is 2.15. The van der Waals surface area contributed by atoms with Crippen LogP contribution < -0.4 is 0 Å². The van der Waals surface area contributed by atoms with Crippen molar-refractivity contribution in [3.63, 3.8) is 0 Å². The quantitative estimate of drug-likeness (QED) is 0.353. The Morgan fingerprint density at radius 1 is 0.762 bits per heavy atom. The molecule has 2 heteroatoms. The largest absolute Gasteiger partial charge is 0.481 e. The van der Waals surface area contributed by atoms with Crippen molar-refractivity contribution < 1.29 is 9.90 Å². The molecule has 0 saturated carbocycles. The highest BCUT2D eigenvalue weighted by atomic mass is 16.4. The summed E-state index contributed by atoms with van der Waals surface area (Å²) in [7, 11) is 0. The summed E-state index contributed by atoms with van der Waals surface area (Å²) < 4.78 is 0. The Balaban J connectivity index is 3.26. The molecule has 0 spiro atoms. The average Bonchev–Trinajstić information content (AvgIpc) is 2.42. The van der Waals surface area contributed by atoms with Crippen LogP contribution in [-0.4, -0.2) is 11.1 Å². The standard InChI is InChI=1S/C19H38O2/c1-4-14-18(19(20)21)16-13-11-9-7-5-6-8-10-12-15-17(2)3/h17-18H,4-16H2,1-3H3,(H,20,21). The molecule has 1 atom stereocenters. The molecule has 0 radical (unpaired) electrons. The van der Waals surface area contributed by atoms with Crippen LogP contribution in [-0.2, 0) is 4.79 Å². The normalized spacial score (nSPS) is 12.8. The number of hydrogen-bond acceptors (Lipinski definition) is 1. The Kier molecular flexibility index (Phi) is 14.0. The Hall–Kier alpha value is -0.530. The summed E-state index contributed by atoms with van der Waals surface area (Å²) >= 11 is 0. The Morgan fingerprint density at radius 2 is 1.19 bits per heavy atom. The predicted molar refractivity (Wildman–Crippen MR) is 91.7 cm³/mol. The highest BCUT2D eigenvalue weighted by Crippen LogP contribution is 2.17. The number of carboxylic acid groups (broad SMARTS) is 1. The molecular weight excluding hydrogens is 260 g/mol. The lowest BCUT2D eigenvalue weighted by Crippen LogP contribution is -2.13. The van der Waals surface area contributed by atoms with E-state index in [9.17, 15) is 4.79 Å². The summed E-state index contributed by atoms with van der Waals surface area (Å²) in [4.78, 5) is 11.0. The third kappa shape index (κ3) is 14.2. The van der Waals surface area contributed by atoms with Crippen LogP contribution in [0.15, 0.2) is 0 Å². The van der Waals surface area contributed by atoms with Gasteiger partial charge in [0.25, 0.3) is 0 Å². The number of rotatable bonds is 15. The number of carbonyl (C=O) groups is 1. The van der Waals surface area contributed by atoms with Crippen LogP contribution in [0.3, 0.4) is 0 Å². The van der Waals surface area contributed by atoms with Gasteiger partial charge in [0.15, 0.2) is 0 Å². The van der Waals surface area contributed by atoms with E-state index in [4.69, 9.17) is 5.11 Å². The number of carboxylic acids is 1. The Labute approximate surface area is 132 Å². The molecule has 0 aromatic heterocycles. The van der Waals surface area contributed by atoms with Crippen molar-refractivity contribution in [2.24, 2.45) is 11.8 Å². The molecule has 0 bridgehead atoms. The smallest absolute Gasteiger partial charge is 0.306 e. The molecule has 0 aliphatic rings. The van der Waals surface area contributed by atoms with Crippen LogP contribution in [0, 0.1) is 11.8 Å². The maximum absolute atomic E-state index is 11.0. The first-order valence-corrected chi connectivity index (χ1v) is 9.30. The molecule has 0 aromatic carbocycles. The average molecular weight is 299 g/mol. The summed E-state index contributed by atoms with van der Waals surface area (Å²) in [6.07, 6.45) is 15.9. The molecule has 0 amide bonds. The zero-order valence-corrected chi connectivity index (χ0v) is 14.7. The lowest BCUT2D eigenvalue weighted by molar-refractivity contribution is -0.142. The molecule has 21 heavy (non-hydrogen) atoms. The van der Waals surface area contributed by atoms with Gasteiger partial charge in [-0.15, -0.1) is 0 Å². The monoisotopic (exact) mass is 298 g/mol. The number of aliphatic carboxylic acids is 1. The molecule has 0 aromatic rings. The maximum atomic E-state index is 11.0.